The minimum absolute atomic E-state index is 0.0135. The molecular weight excluding hydrogens is 310 g/mol. The average molecular weight is 325 g/mol. The first-order chi connectivity index (χ1) is 11.3. The van der Waals surface area contributed by atoms with Crippen LogP contribution in [0.1, 0.15) is 5.56 Å². The number of amidine groups is 1. The van der Waals surface area contributed by atoms with Crippen LogP contribution in [0.2, 0.25) is 0 Å². The number of hydrogen-bond donors (Lipinski definition) is 0. The number of rotatable bonds is 4. The topological polar surface area (TPSA) is 54.3 Å². The molecule has 0 spiro atoms. The van der Waals surface area contributed by atoms with E-state index in [9.17, 15) is 4.79 Å². The molecule has 1 heterocycles. The summed E-state index contributed by atoms with van der Waals surface area (Å²) < 4.78 is 5.11. The van der Waals surface area contributed by atoms with Crippen LogP contribution in [-0.4, -0.2) is 30.2 Å². The summed E-state index contributed by atoms with van der Waals surface area (Å²) in [6.45, 7) is 0. The van der Waals surface area contributed by atoms with E-state index < -0.39 is 0 Å². The van der Waals surface area contributed by atoms with E-state index >= 15 is 0 Å². The maximum atomic E-state index is 12.0. The number of amides is 1. The van der Waals surface area contributed by atoms with Gasteiger partial charge >= 0.3 is 0 Å². The van der Waals surface area contributed by atoms with E-state index in [0.29, 0.717) is 10.9 Å². The predicted molar refractivity (Wildman–Crippen MR) is 94.4 cm³/mol. The van der Waals surface area contributed by atoms with Crippen molar-refractivity contribution in [3.8, 4) is 5.75 Å². The summed E-state index contributed by atoms with van der Waals surface area (Å²) in [5.74, 6) is 1.19. The van der Waals surface area contributed by atoms with Crippen molar-refractivity contribution in [3.63, 3.8) is 0 Å². The maximum Gasteiger partial charge on any atom is 0.243 e. The van der Waals surface area contributed by atoms with Crippen LogP contribution in [0, 0.1) is 0 Å². The van der Waals surface area contributed by atoms with Crippen LogP contribution in [-0.2, 0) is 4.79 Å². The predicted octanol–water partition coefficient (Wildman–Crippen LogP) is 3.17. The van der Waals surface area contributed by atoms with Crippen molar-refractivity contribution in [1.82, 2.24) is 0 Å². The fraction of sp³-hybridized carbons (Fsp3) is 0.118. The molecule has 0 radical (unpaired) electrons. The first kappa shape index (κ1) is 15.3. The van der Waals surface area contributed by atoms with Gasteiger partial charge in [0.05, 0.1) is 24.8 Å². The number of nitrogens with zero attached hydrogens (tertiary/aromatic N) is 3. The van der Waals surface area contributed by atoms with Gasteiger partial charge in [-0.3, -0.25) is 9.69 Å². The molecule has 1 saturated heterocycles. The Hall–Kier alpha value is -2.60. The Bertz CT molecular complexity index is 742. The molecule has 23 heavy (non-hydrogen) atoms. The highest BCUT2D eigenvalue weighted by molar-refractivity contribution is 8.15. The Morgan fingerprint density at radius 3 is 2.57 bits per heavy atom. The second-order valence-electron chi connectivity index (χ2n) is 4.75. The van der Waals surface area contributed by atoms with Gasteiger partial charge in [-0.2, -0.15) is 5.10 Å². The summed E-state index contributed by atoms with van der Waals surface area (Å²) >= 11 is 1.39. The van der Waals surface area contributed by atoms with Crippen LogP contribution in [0.4, 0.5) is 5.69 Å². The van der Waals surface area contributed by atoms with Gasteiger partial charge in [0.15, 0.2) is 5.17 Å². The molecule has 2 aromatic rings. The van der Waals surface area contributed by atoms with Gasteiger partial charge in [0.1, 0.15) is 5.75 Å². The maximum absolute atomic E-state index is 12.0. The van der Waals surface area contributed by atoms with Crippen LogP contribution in [0.3, 0.4) is 0 Å². The number of methoxy groups -OCH3 is 1. The SMILES string of the molecule is COc1ccc(/C=N/N=C2\SCC(=O)N2c2ccccc2)cc1. The van der Waals surface area contributed by atoms with E-state index in [-0.39, 0.29) is 5.91 Å². The Kier molecular flexibility index (Phi) is 4.73. The van der Waals surface area contributed by atoms with Gasteiger partial charge in [-0.15, -0.1) is 5.10 Å². The summed E-state index contributed by atoms with van der Waals surface area (Å²) in [4.78, 5) is 13.6. The lowest BCUT2D eigenvalue weighted by Gasteiger charge is -2.14. The van der Waals surface area contributed by atoms with Crippen molar-refractivity contribution in [2.75, 3.05) is 17.8 Å². The zero-order valence-corrected chi connectivity index (χ0v) is 13.4. The van der Waals surface area contributed by atoms with Gasteiger partial charge in [-0.25, -0.2) is 0 Å². The van der Waals surface area contributed by atoms with Crippen molar-refractivity contribution in [2.45, 2.75) is 0 Å². The second kappa shape index (κ2) is 7.11. The number of carbonyl (C=O) groups excluding carboxylic acids is 1. The van der Waals surface area contributed by atoms with Gasteiger partial charge < -0.3 is 4.74 Å². The Morgan fingerprint density at radius 1 is 1.13 bits per heavy atom. The molecule has 3 rings (SSSR count). The summed E-state index contributed by atoms with van der Waals surface area (Å²) in [5.41, 5.74) is 1.72. The summed E-state index contributed by atoms with van der Waals surface area (Å²) in [5, 5.41) is 8.88. The van der Waals surface area contributed by atoms with Gasteiger partial charge in [0.25, 0.3) is 0 Å². The van der Waals surface area contributed by atoms with E-state index in [1.54, 1.807) is 18.2 Å². The molecule has 0 unspecified atom stereocenters. The molecule has 5 nitrogen and oxygen atoms in total. The van der Waals surface area contributed by atoms with Gasteiger partial charge in [0.2, 0.25) is 5.91 Å². The molecule has 1 fully saturated rings. The largest absolute Gasteiger partial charge is 0.497 e. The van der Waals surface area contributed by atoms with Crippen LogP contribution in [0.25, 0.3) is 0 Å². The van der Waals surface area contributed by atoms with E-state index in [1.165, 1.54) is 11.8 Å². The number of para-hydroxylation sites is 1. The standard InChI is InChI=1S/C17H15N3O2S/c1-22-15-9-7-13(8-10-15)11-18-19-17-20(16(21)12-23-17)14-5-3-2-4-6-14/h2-11H,12H2,1H3/b18-11+,19-17-. The molecule has 1 aliphatic heterocycles. The smallest absolute Gasteiger partial charge is 0.243 e. The molecule has 2 aromatic carbocycles. The highest BCUT2D eigenvalue weighted by atomic mass is 32.2. The highest BCUT2D eigenvalue weighted by Crippen LogP contribution is 2.26. The molecular formula is C17H15N3O2S. The normalized spacial score (nSPS) is 16.5. The number of carbonyl (C=O) groups is 1. The zero-order chi connectivity index (χ0) is 16.1. The molecule has 0 N–H and O–H groups in total. The summed E-state index contributed by atoms with van der Waals surface area (Å²) in [6.07, 6.45) is 1.65. The van der Waals surface area contributed by atoms with E-state index in [1.807, 2.05) is 54.6 Å². The van der Waals surface area contributed by atoms with Crippen LogP contribution >= 0.6 is 11.8 Å². The molecule has 0 saturated carbocycles. The zero-order valence-electron chi connectivity index (χ0n) is 12.5. The third-order valence-corrected chi connectivity index (χ3v) is 4.16. The van der Waals surface area contributed by atoms with Crippen molar-refractivity contribution in [3.05, 3.63) is 60.2 Å². The minimum Gasteiger partial charge on any atom is -0.497 e. The lowest BCUT2D eigenvalue weighted by atomic mass is 10.2. The molecule has 0 aromatic heterocycles. The number of thioether (sulfide) groups is 1. The number of ether oxygens (including phenoxy) is 1. The molecule has 1 aliphatic rings. The molecule has 6 heteroatoms. The van der Waals surface area contributed by atoms with E-state index in [0.717, 1.165) is 17.0 Å². The van der Waals surface area contributed by atoms with Crippen LogP contribution < -0.4 is 9.64 Å². The molecule has 1 amide bonds. The van der Waals surface area contributed by atoms with E-state index in [2.05, 4.69) is 10.2 Å². The lowest BCUT2D eigenvalue weighted by Crippen LogP contribution is -2.28. The van der Waals surface area contributed by atoms with E-state index in [4.69, 9.17) is 4.74 Å². The first-order valence-electron chi connectivity index (χ1n) is 7.04. The third kappa shape index (κ3) is 3.60. The fourth-order valence-corrected chi connectivity index (χ4v) is 2.92. The second-order valence-corrected chi connectivity index (χ2v) is 5.70. The third-order valence-electron chi connectivity index (χ3n) is 3.25. The molecule has 0 aliphatic carbocycles. The van der Waals surface area contributed by atoms with Crippen molar-refractivity contribution >= 4 is 34.7 Å². The Morgan fingerprint density at radius 2 is 1.87 bits per heavy atom. The highest BCUT2D eigenvalue weighted by Gasteiger charge is 2.29. The number of anilines is 1. The molecule has 0 bridgehead atoms. The first-order valence-corrected chi connectivity index (χ1v) is 8.02. The summed E-state index contributed by atoms with van der Waals surface area (Å²) in [6, 6.07) is 17.0. The monoisotopic (exact) mass is 325 g/mol. The average Bonchev–Trinajstić information content (AvgIpc) is 2.97. The van der Waals surface area contributed by atoms with Gasteiger partial charge in [-0.1, -0.05) is 30.0 Å². The van der Waals surface area contributed by atoms with Gasteiger partial charge in [-0.05, 0) is 42.0 Å². The van der Waals surface area contributed by atoms with Gasteiger partial charge in [0, 0.05) is 0 Å². The number of benzene rings is 2. The van der Waals surface area contributed by atoms with Crippen molar-refractivity contribution < 1.29 is 9.53 Å². The molecule has 116 valence electrons. The lowest BCUT2D eigenvalue weighted by molar-refractivity contribution is -0.115. The van der Waals surface area contributed by atoms with Crippen molar-refractivity contribution in [1.29, 1.82) is 0 Å². The molecule has 0 atom stereocenters. The quantitative estimate of drug-likeness (QED) is 0.641. The Balaban J connectivity index is 1.77. The van der Waals surface area contributed by atoms with Crippen LogP contribution in [0.5, 0.6) is 5.75 Å². The minimum atomic E-state index is 0.0135. The van der Waals surface area contributed by atoms with Crippen molar-refractivity contribution in [2.24, 2.45) is 10.2 Å². The Labute approximate surface area is 138 Å². The summed E-state index contributed by atoms with van der Waals surface area (Å²) in [7, 11) is 1.63. The fourth-order valence-electron chi connectivity index (χ4n) is 2.10. The van der Waals surface area contributed by atoms with Crippen LogP contribution in [0.15, 0.2) is 64.8 Å². The number of hydrogen-bond acceptors (Lipinski definition) is 5.